The zero-order valence-corrected chi connectivity index (χ0v) is 11.7. The summed E-state index contributed by atoms with van der Waals surface area (Å²) in [7, 11) is 3.58. The first kappa shape index (κ1) is 13.8. The molecule has 100 valence electrons. The minimum absolute atomic E-state index is 0.142. The van der Waals surface area contributed by atoms with Crippen molar-refractivity contribution < 1.29 is 4.74 Å². The van der Waals surface area contributed by atoms with Crippen molar-refractivity contribution in [2.45, 2.75) is 12.5 Å². The monoisotopic (exact) mass is 277 g/mol. The first-order valence-corrected chi connectivity index (χ1v) is 6.38. The lowest BCUT2D eigenvalue weighted by molar-refractivity contribution is 0.406. The highest BCUT2D eigenvalue weighted by atomic mass is 35.5. The molecule has 2 aromatic rings. The Bertz CT molecular complexity index is 533. The van der Waals surface area contributed by atoms with Crippen LogP contribution in [0.1, 0.15) is 17.2 Å². The van der Waals surface area contributed by atoms with E-state index in [9.17, 15) is 0 Å². The number of likely N-dealkylation sites (N-methyl/N-ethyl adjacent to an activating group) is 1. The number of halogens is 1. The second-order valence-electron chi connectivity index (χ2n) is 4.18. The maximum Gasteiger partial charge on any atom is 0.122 e. The van der Waals surface area contributed by atoms with Crippen LogP contribution in [-0.2, 0) is 6.42 Å². The molecule has 1 aromatic carbocycles. The van der Waals surface area contributed by atoms with Gasteiger partial charge >= 0.3 is 0 Å². The Balaban J connectivity index is 2.26. The minimum atomic E-state index is 0.142. The van der Waals surface area contributed by atoms with E-state index in [0.29, 0.717) is 5.02 Å². The highest BCUT2D eigenvalue weighted by Gasteiger charge is 2.13. The molecule has 0 fully saturated rings. The van der Waals surface area contributed by atoms with Gasteiger partial charge in [-0.1, -0.05) is 11.6 Å². The van der Waals surface area contributed by atoms with Gasteiger partial charge in [0, 0.05) is 17.3 Å². The molecule has 0 saturated heterocycles. The number of hydrogen-bond donors (Lipinski definition) is 1. The van der Waals surface area contributed by atoms with E-state index >= 15 is 0 Å². The van der Waals surface area contributed by atoms with E-state index < -0.39 is 0 Å². The van der Waals surface area contributed by atoms with Gasteiger partial charge < -0.3 is 10.1 Å². The summed E-state index contributed by atoms with van der Waals surface area (Å²) >= 11 is 6.05. The molecule has 1 unspecified atom stereocenters. The van der Waals surface area contributed by atoms with Crippen LogP contribution < -0.4 is 10.1 Å². The first-order valence-electron chi connectivity index (χ1n) is 6.01. The van der Waals surface area contributed by atoms with Crippen LogP contribution in [0.2, 0.25) is 5.02 Å². The number of benzene rings is 1. The molecule has 1 N–H and O–H groups in total. The van der Waals surface area contributed by atoms with E-state index in [1.807, 2.05) is 31.3 Å². The Morgan fingerprint density at radius 1 is 1.32 bits per heavy atom. The van der Waals surface area contributed by atoms with Crippen LogP contribution in [0, 0.1) is 0 Å². The molecular formula is C14H16ClN3O. The van der Waals surface area contributed by atoms with Crippen molar-refractivity contribution in [3.63, 3.8) is 0 Å². The zero-order valence-electron chi connectivity index (χ0n) is 10.9. The third-order valence-electron chi connectivity index (χ3n) is 3.02. The van der Waals surface area contributed by atoms with Crippen molar-refractivity contribution in [1.29, 1.82) is 0 Å². The van der Waals surface area contributed by atoms with E-state index in [2.05, 4.69) is 15.5 Å². The fourth-order valence-electron chi connectivity index (χ4n) is 2.02. The molecule has 0 bridgehead atoms. The molecule has 4 nitrogen and oxygen atoms in total. The fourth-order valence-corrected chi connectivity index (χ4v) is 2.21. The van der Waals surface area contributed by atoms with Crippen molar-refractivity contribution in [3.05, 3.63) is 52.8 Å². The van der Waals surface area contributed by atoms with Crippen LogP contribution in [0.5, 0.6) is 5.75 Å². The van der Waals surface area contributed by atoms with Gasteiger partial charge in [0.2, 0.25) is 0 Å². The summed E-state index contributed by atoms with van der Waals surface area (Å²) in [5, 5.41) is 11.7. The molecule has 1 heterocycles. The van der Waals surface area contributed by atoms with Crippen LogP contribution in [0.15, 0.2) is 36.7 Å². The average molecular weight is 278 g/mol. The SMILES string of the molecule is CNC(Cc1cc(Cl)ccc1OC)c1ccnnc1. The molecule has 0 saturated carbocycles. The van der Waals surface area contributed by atoms with Gasteiger partial charge in [-0.2, -0.15) is 10.2 Å². The van der Waals surface area contributed by atoms with E-state index in [1.165, 1.54) is 0 Å². The van der Waals surface area contributed by atoms with Crippen LogP contribution in [0.4, 0.5) is 0 Å². The Morgan fingerprint density at radius 3 is 2.79 bits per heavy atom. The van der Waals surface area contributed by atoms with Gasteiger partial charge in [-0.25, -0.2) is 0 Å². The minimum Gasteiger partial charge on any atom is -0.496 e. The molecule has 1 atom stereocenters. The molecular weight excluding hydrogens is 262 g/mol. The molecule has 1 aromatic heterocycles. The van der Waals surface area contributed by atoms with Crippen molar-refractivity contribution >= 4 is 11.6 Å². The summed E-state index contributed by atoms with van der Waals surface area (Å²) in [4.78, 5) is 0. The van der Waals surface area contributed by atoms with E-state index in [0.717, 1.165) is 23.3 Å². The van der Waals surface area contributed by atoms with Crippen molar-refractivity contribution in [2.75, 3.05) is 14.2 Å². The number of ether oxygens (including phenoxy) is 1. The lowest BCUT2D eigenvalue weighted by atomic mass is 10.00. The predicted molar refractivity (Wildman–Crippen MR) is 75.5 cm³/mol. The number of nitrogens with one attached hydrogen (secondary N) is 1. The number of hydrogen-bond acceptors (Lipinski definition) is 4. The second-order valence-corrected chi connectivity index (χ2v) is 4.61. The predicted octanol–water partition coefficient (Wildman–Crippen LogP) is 2.64. The standard InChI is InChI=1S/C14H16ClN3O/c1-16-13(10-5-6-17-18-9-10)8-11-7-12(15)3-4-14(11)19-2/h3-7,9,13,16H,8H2,1-2H3. The fraction of sp³-hybridized carbons (Fsp3) is 0.286. The van der Waals surface area contributed by atoms with E-state index in [4.69, 9.17) is 16.3 Å². The maximum absolute atomic E-state index is 6.05. The number of nitrogens with zero attached hydrogens (tertiary/aromatic N) is 2. The summed E-state index contributed by atoms with van der Waals surface area (Å²) < 4.78 is 5.37. The van der Waals surface area contributed by atoms with Crippen molar-refractivity contribution in [3.8, 4) is 5.75 Å². The van der Waals surface area contributed by atoms with Gasteiger partial charge in [-0.3, -0.25) is 0 Å². The largest absolute Gasteiger partial charge is 0.496 e. The van der Waals surface area contributed by atoms with E-state index in [1.54, 1.807) is 19.5 Å². The third kappa shape index (κ3) is 3.43. The molecule has 2 rings (SSSR count). The molecule has 0 spiro atoms. The van der Waals surface area contributed by atoms with Crippen molar-refractivity contribution in [2.24, 2.45) is 0 Å². The van der Waals surface area contributed by atoms with E-state index in [-0.39, 0.29) is 6.04 Å². The third-order valence-corrected chi connectivity index (χ3v) is 3.26. The van der Waals surface area contributed by atoms with Crippen molar-refractivity contribution in [1.82, 2.24) is 15.5 Å². The van der Waals surface area contributed by atoms with Crippen LogP contribution in [0.3, 0.4) is 0 Å². The van der Waals surface area contributed by atoms with Gasteiger partial charge in [-0.05, 0) is 48.9 Å². The summed E-state index contributed by atoms with van der Waals surface area (Å²) in [6.07, 6.45) is 4.22. The molecule has 0 aliphatic carbocycles. The van der Waals surface area contributed by atoms with Gasteiger partial charge in [0.25, 0.3) is 0 Å². The molecule has 0 amide bonds. The number of methoxy groups -OCH3 is 1. The first-order chi connectivity index (χ1) is 9.24. The topological polar surface area (TPSA) is 47.0 Å². The zero-order chi connectivity index (χ0) is 13.7. The van der Waals surface area contributed by atoms with Crippen LogP contribution in [0.25, 0.3) is 0 Å². The Labute approximate surface area is 117 Å². The lowest BCUT2D eigenvalue weighted by Crippen LogP contribution is -2.19. The summed E-state index contributed by atoms with van der Waals surface area (Å²) in [6, 6.07) is 7.73. The summed E-state index contributed by atoms with van der Waals surface area (Å²) in [5.74, 6) is 0.840. The summed E-state index contributed by atoms with van der Waals surface area (Å²) in [6.45, 7) is 0. The van der Waals surface area contributed by atoms with Gasteiger partial charge in [0.15, 0.2) is 0 Å². The van der Waals surface area contributed by atoms with Crippen LogP contribution >= 0.6 is 11.6 Å². The highest BCUT2D eigenvalue weighted by molar-refractivity contribution is 6.30. The Morgan fingerprint density at radius 2 is 2.16 bits per heavy atom. The van der Waals surface area contributed by atoms with Gasteiger partial charge in [0.05, 0.1) is 13.3 Å². The summed E-state index contributed by atoms with van der Waals surface area (Å²) in [5.41, 5.74) is 2.14. The molecule has 0 radical (unpaired) electrons. The van der Waals surface area contributed by atoms with Gasteiger partial charge in [0.1, 0.15) is 5.75 Å². The Kier molecular flexibility index (Phi) is 4.71. The normalized spacial score (nSPS) is 12.2. The molecule has 0 aliphatic heterocycles. The quantitative estimate of drug-likeness (QED) is 0.913. The maximum atomic E-state index is 6.05. The Hall–Kier alpha value is -1.65. The van der Waals surface area contributed by atoms with Gasteiger partial charge in [-0.15, -0.1) is 0 Å². The number of aromatic nitrogens is 2. The molecule has 19 heavy (non-hydrogen) atoms. The number of rotatable bonds is 5. The highest BCUT2D eigenvalue weighted by Crippen LogP contribution is 2.27. The lowest BCUT2D eigenvalue weighted by Gasteiger charge is -2.18. The van der Waals surface area contributed by atoms with Crippen LogP contribution in [-0.4, -0.2) is 24.4 Å². The second kappa shape index (κ2) is 6.50. The molecule has 0 aliphatic rings. The average Bonchev–Trinajstić information content (AvgIpc) is 2.46. The smallest absolute Gasteiger partial charge is 0.122 e. The molecule has 5 heteroatoms.